The second-order valence-electron chi connectivity index (χ2n) is 11.1. The van der Waals surface area contributed by atoms with Crippen LogP contribution >= 0.6 is 11.8 Å². The van der Waals surface area contributed by atoms with E-state index < -0.39 is 155 Å². The number of alkyl halides is 3. The van der Waals surface area contributed by atoms with Gasteiger partial charge in [-0.05, 0) is 86.3 Å². The van der Waals surface area contributed by atoms with Crippen molar-refractivity contribution in [2.75, 3.05) is 32.7 Å². The number of rotatable bonds is 13. The molecule has 3 aliphatic carbocycles. The zero-order chi connectivity index (χ0) is 47.6. The second-order valence-corrected chi connectivity index (χ2v) is 11.9. The molecule has 1 aromatic heterocycles. The highest BCUT2D eigenvalue weighted by molar-refractivity contribution is 7.98. The maximum atomic E-state index is 14.7. The first kappa shape index (κ1) is 20.9. The number of carbonyl (C=O) groups is 1. The first-order valence-corrected chi connectivity index (χ1v) is 16.2. The number of aromatic nitrogens is 2. The minimum atomic E-state index is -5.09. The number of benzene rings is 1. The van der Waals surface area contributed by atoms with Crippen molar-refractivity contribution in [3.05, 3.63) is 104 Å². The number of nitrogens with zero attached hydrogens (tertiary/aromatic N) is 4. The monoisotopic (exact) mass is 699 g/mol. The quantitative estimate of drug-likeness (QED) is 0.124. The van der Waals surface area contributed by atoms with E-state index in [1.165, 1.54) is 0 Å². The molecule has 1 heterocycles. The summed E-state index contributed by atoms with van der Waals surface area (Å²) in [6.45, 7) is 0.963. The molecule has 4 unspecified atom stereocenters. The van der Waals surface area contributed by atoms with Crippen LogP contribution in [0.15, 0.2) is 80.6 Å². The second kappa shape index (κ2) is 15.8. The molecule has 0 bridgehead atoms. The molecule has 3 aliphatic rings. The Hall–Kier alpha value is -3.44. The molecule has 48 heavy (non-hydrogen) atoms. The van der Waals surface area contributed by atoms with Gasteiger partial charge >= 0.3 is 6.18 Å². The summed E-state index contributed by atoms with van der Waals surface area (Å²) >= 11 is 0.134. The SMILES string of the molecule is [2H]C1=C(C2=C([2H])C([2H])=C(C(F)(F)F)C(C)C2[2H])C([2H])C([2H])C(C([2H])([2H])N(CCN(CC)CC)C(=O)Cn2c(SC([2H])([2H])c3c([2H])c([2H])c(F)c([2H])c3[2H])nc(=O)c3c2CCC3)=C1[2H]. The fourth-order valence-corrected chi connectivity index (χ4v) is 6.09. The average molecular weight is 700 g/mol. The van der Waals surface area contributed by atoms with Gasteiger partial charge in [-0.2, -0.15) is 18.2 Å². The Morgan fingerprint density at radius 1 is 1.08 bits per heavy atom. The molecule has 0 fully saturated rings. The van der Waals surface area contributed by atoms with Crippen molar-refractivity contribution in [1.29, 1.82) is 0 Å². The topological polar surface area (TPSA) is 58.4 Å². The van der Waals surface area contributed by atoms with Crippen molar-refractivity contribution in [2.45, 2.75) is 82.8 Å². The van der Waals surface area contributed by atoms with Gasteiger partial charge in [0.2, 0.25) is 5.91 Å². The third kappa shape index (κ3) is 8.77. The summed E-state index contributed by atoms with van der Waals surface area (Å²) in [4.78, 5) is 34.4. The molecule has 6 nitrogen and oxygen atoms in total. The number of halogens is 4. The Labute approximate surface area is 305 Å². The number of hydrogen-bond donors (Lipinski definition) is 0. The zero-order valence-electron chi connectivity index (χ0n) is 41.5. The number of hydrogen-bond acceptors (Lipinski definition) is 5. The van der Waals surface area contributed by atoms with Crippen molar-refractivity contribution in [3.63, 3.8) is 0 Å². The van der Waals surface area contributed by atoms with E-state index in [0.29, 0.717) is 24.4 Å². The molecule has 258 valence electrons. The van der Waals surface area contributed by atoms with Gasteiger partial charge in [0.1, 0.15) is 12.4 Å². The van der Waals surface area contributed by atoms with Crippen LogP contribution in [0.25, 0.3) is 0 Å². The predicted molar refractivity (Wildman–Crippen MR) is 182 cm³/mol. The maximum absolute atomic E-state index is 14.7. The molecule has 1 aromatic carbocycles. The van der Waals surface area contributed by atoms with Gasteiger partial charge in [-0.3, -0.25) is 9.59 Å². The lowest BCUT2D eigenvalue weighted by Gasteiger charge is -2.30. The van der Waals surface area contributed by atoms with E-state index in [0.717, 1.165) is 11.5 Å². The Morgan fingerprint density at radius 3 is 2.52 bits per heavy atom. The molecule has 5 rings (SSSR count). The summed E-state index contributed by atoms with van der Waals surface area (Å²) in [5.74, 6) is -4.35. The maximum Gasteiger partial charge on any atom is 0.412 e. The average Bonchev–Trinajstić information content (AvgIpc) is 3.69. The molecule has 11 heteroatoms. The van der Waals surface area contributed by atoms with Crippen LogP contribution in [0, 0.1) is 11.7 Å². The number of likely N-dealkylation sites (N-methyl/N-ethyl adjacent to an activating group) is 1. The molecular weight excluding hydrogens is 640 g/mol. The van der Waals surface area contributed by atoms with Crippen LogP contribution in [0.1, 0.15) is 83.8 Å². The van der Waals surface area contributed by atoms with E-state index in [9.17, 15) is 29.9 Å². The van der Waals surface area contributed by atoms with Gasteiger partial charge in [0.25, 0.3) is 5.56 Å². The van der Waals surface area contributed by atoms with Crippen LogP contribution in [0.2, 0.25) is 0 Å². The molecule has 0 N–H and O–H groups in total. The van der Waals surface area contributed by atoms with Gasteiger partial charge in [-0.15, -0.1) is 0 Å². The van der Waals surface area contributed by atoms with E-state index >= 15 is 0 Å². The van der Waals surface area contributed by atoms with Crippen LogP contribution < -0.4 is 5.56 Å². The lowest BCUT2D eigenvalue weighted by atomic mass is 9.82. The van der Waals surface area contributed by atoms with Crippen molar-refractivity contribution in [2.24, 2.45) is 5.92 Å². The molecule has 2 aromatic rings. The zero-order valence-corrected chi connectivity index (χ0v) is 27.3. The van der Waals surface area contributed by atoms with E-state index in [4.69, 9.17) is 17.8 Å². The van der Waals surface area contributed by atoms with Gasteiger partial charge in [0.15, 0.2) is 5.16 Å². The minimum Gasteiger partial charge on any atom is -0.336 e. The number of fused-ring (bicyclic) bond motifs is 1. The van der Waals surface area contributed by atoms with Crippen LogP contribution in [0.5, 0.6) is 0 Å². The normalized spacial score (nSPS) is 28.4. The first-order valence-electron chi connectivity index (χ1n) is 23.1. The fraction of sp³-hybridized carbons (Fsp3) is 0.486. The molecular formula is C37H44F4N4O2S. The Balaban J connectivity index is 1.66. The van der Waals surface area contributed by atoms with Crippen LogP contribution in [0.3, 0.4) is 0 Å². The molecule has 0 saturated carbocycles. The smallest absolute Gasteiger partial charge is 0.336 e. The summed E-state index contributed by atoms with van der Waals surface area (Å²) < 4.78 is 187. The summed E-state index contributed by atoms with van der Waals surface area (Å²) in [5, 5.41) is -0.490. The van der Waals surface area contributed by atoms with Crippen molar-refractivity contribution in [3.8, 4) is 0 Å². The number of thioether (sulfide) groups is 1. The highest BCUT2D eigenvalue weighted by Crippen LogP contribution is 2.40. The largest absolute Gasteiger partial charge is 0.412 e. The summed E-state index contributed by atoms with van der Waals surface area (Å²) in [7, 11) is 0. The van der Waals surface area contributed by atoms with Crippen LogP contribution in [-0.2, 0) is 29.9 Å². The highest BCUT2D eigenvalue weighted by Gasteiger charge is 2.38. The molecule has 0 aliphatic heterocycles. The Bertz CT molecular complexity index is 2370. The summed E-state index contributed by atoms with van der Waals surface area (Å²) in [6.07, 6.45) is -10.5. The van der Waals surface area contributed by atoms with Crippen molar-refractivity contribution >= 4 is 17.7 Å². The van der Waals surface area contributed by atoms with Gasteiger partial charge in [-0.25, -0.2) is 4.39 Å². The molecule has 0 radical (unpaired) electrons. The molecule has 0 saturated heterocycles. The first-order chi connectivity index (χ1) is 29.1. The predicted octanol–water partition coefficient (Wildman–Crippen LogP) is 7.44. The number of allylic oxidation sites excluding steroid dienone is 7. The third-order valence-corrected chi connectivity index (χ3v) is 8.77. The van der Waals surface area contributed by atoms with E-state index in [1.54, 1.807) is 13.8 Å². The lowest BCUT2D eigenvalue weighted by molar-refractivity contribution is -0.131. The van der Waals surface area contributed by atoms with Gasteiger partial charge in [0.05, 0.1) is 13.7 Å². The molecule has 0 spiro atoms. The lowest BCUT2D eigenvalue weighted by Crippen LogP contribution is -2.42. The summed E-state index contributed by atoms with van der Waals surface area (Å²) in [5.41, 5.74) is -7.89. The van der Waals surface area contributed by atoms with Crippen molar-refractivity contribution < 1.29 is 42.9 Å². The van der Waals surface area contributed by atoms with Gasteiger partial charge < -0.3 is 14.4 Å². The highest BCUT2D eigenvalue weighted by atomic mass is 32.2. The molecule has 1 amide bonds. The van der Waals surface area contributed by atoms with E-state index in [1.807, 2.05) is 4.90 Å². The Kier molecular flexibility index (Phi) is 6.91. The fourth-order valence-electron chi connectivity index (χ4n) is 5.38. The number of carbonyl (C=O) groups excluding carboxylic acids is 1. The van der Waals surface area contributed by atoms with Crippen molar-refractivity contribution in [1.82, 2.24) is 19.4 Å². The molecule has 4 atom stereocenters. The number of amides is 1. The standard InChI is InChI=1S/C37H44F4N4O2S/c1-4-43(5-2)19-20-44(22-26-9-13-28(14-10-26)29-15-18-32(25(3)21-29)37(39,40)41)34(46)23-45-33-8-6-7-31(33)35(47)42-36(45)48-24-27-11-16-30(38)17-12-27/h9,11-13,15-18,25H,4-8,10,14,19-24H2,1-3H3/i9D,10D,11D,12D,13D,14D,15D,16D,17D,18D,21D,22D2,24D2. The van der Waals surface area contributed by atoms with Gasteiger partial charge in [-0.1, -0.05) is 74.4 Å². The van der Waals surface area contributed by atoms with E-state index in [2.05, 4.69) is 4.98 Å². The third-order valence-electron chi connectivity index (χ3n) is 7.97. The van der Waals surface area contributed by atoms with Gasteiger partial charge in [0, 0.05) is 49.0 Å². The Morgan fingerprint density at radius 2 is 1.81 bits per heavy atom. The summed E-state index contributed by atoms with van der Waals surface area (Å²) in [6, 6.07) is -8.85. The minimum absolute atomic E-state index is 0.00697. The van der Waals surface area contributed by atoms with Crippen LogP contribution in [0.4, 0.5) is 17.6 Å². The van der Waals surface area contributed by atoms with Crippen LogP contribution in [-0.4, -0.2) is 64.1 Å². The van der Waals surface area contributed by atoms with E-state index in [-0.39, 0.29) is 42.4 Å².